The number of aryl methyl sites for hydroxylation is 2. The summed E-state index contributed by atoms with van der Waals surface area (Å²) < 4.78 is 0. The highest BCUT2D eigenvalue weighted by molar-refractivity contribution is 7.10. The highest BCUT2D eigenvalue weighted by atomic mass is 32.1. The van der Waals surface area contributed by atoms with Crippen LogP contribution in [0.1, 0.15) is 62.0 Å². The minimum atomic E-state index is -0.118. The van der Waals surface area contributed by atoms with Crippen LogP contribution in [0, 0.1) is 0 Å². The lowest BCUT2D eigenvalue weighted by Crippen LogP contribution is -2.15. The van der Waals surface area contributed by atoms with Gasteiger partial charge in [-0.1, -0.05) is 50.1 Å². The van der Waals surface area contributed by atoms with E-state index in [9.17, 15) is 0 Å². The van der Waals surface area contributed by atoms with E-state index in [1.54, 1.807) is 64.9 Å². The van der Waals surface area contributed by atoms with E-state index < -0.39 is 0 Å². The van der Waals surface area contributed by atoms with Crippen molar-refractivity contribution in [3.63, 3.8) is 0 Å². The van der Waals surface area contributed by atoms with E-state index in [1.807, 2.05) is 13.0 Å². The maximum absolute atomic E-state index is 5.38. The molecule has 0 amide bonds. The van der Waals surface area contributed by atoms with Crippen molar-refractivity contribution in [2.75, 3.05) is 0 Å². The number of aliphatic imine (C=N–C) groups is 3. The molecule has 0 radical (unpaired) electrons. The monoisotopic (exact) mass is 771 g/mol. The molecule has 0 saturated carbocycles. The molecule has 1 aliphatic carbocycles. The van der Waals surface area contributed by atoms with Crippen LogP contribution in [0.4, 0.5) is 11.6 Å². The van der Waals surface area contributed by atoms with Crippen molar-refractivity contribution in [2.24, 2.45) is 15.0 Å². The highest BCUT2D eigenvalue weighted by Crippen LogP contribution is 2.46. The van der Waals surface area contributed by atoms with Crippen LogP contribution in [0.3, 0.4) is 0 Å². The molecule has 7 nitrogen and oxygen atoms in total. The van der Waals surface area contributed by atoms with Crippen LogP contribution >= 0.6 is 34.0 Å². The van der Waals surface area contributed by atoms with Crippen LogP contribution in [0.2, 0.25) is 0 Å². The predicted octanol–water partition coefficient (Wildman–Crippen LogP) is 11.2. The fraction of sp³-hybridized carbons (Fsp3) is 0.133. The van der Waals surface area contributed by atoms with Crippen molar-refractivity contribution in [3.05, 3.63) is 199 Å². The van der Waals surface area contributed by atoms with Gasteiger partial charge >= 0.3 is 0 Å². The zero-order valence-electron chi connectivity index (χ0n) is 30.4. The van der Waals surface area contributed by atoms with Crippen LogP contribution < -0.4 is 0 Å². The van der Waals surface area contributed by atoms with Gasteiger partial charge in [0.25, 0.3) is 0 Å². The van der Waals surface area contributed by atoms with Crippen molar-refractivity contribution in [1.29, 1.82) is 0 Å². The second-order valence-electron chi connectivity index (χ2n) is 13.1. The average molecular weight is 772 g/mol. The third-order valence-electron chi connectivity index (χ3n) is 9.49. The van der Waals surface area contributed by atoms with Crippen LogP contribution in [0.15, 0.2) is 171 Å². The summed E-state index contributed by atoms with van der Waals surface area (Å²) in [6.07, 6.45) is 15.8. The van der Waals surface area contributed by atoms with Gasteiger partial charge in [-0.05, 0) is 113 Å². The van der Waals surface area contributed by atoms with E-state index >= 15 is 0 Å². The average Bonchev–Trinajstić information content (AvgIpc) is 4.04. The molecule has 0 fully saturated rings. The predicted molar refractivity (Wildman–Crippen MR) is 230 cm³/mol. The Morgan fingerprint density at radius 1 is 0.800 bits per heavy atom. The summed E-state index contributed by atoms with van der Waals surface area (Å²) in [6.45, 7) is 15.2. The summed E-state index contributed by atoms with van der Waals surface area (Å²) in [5.41, 5.74) is 10.7. The number of rotatable bonds is 12. The second-order valence-corrected chi connectivity index (χ2v) is 16.2. The van der Waals surface area contributed by atoms with Gasteiger partial charge in [0.15, 0.2) is 11.6 Å². The molecule has 1 aromatic carbocycles. The normalized spacial score (nSPS) is 16.0. The van der Waals surface area contributed by atoms with Crippen molar-refractivity contribution in [3.8, 4) is 0 Å². The number of aromatic nitrogens is 4. The summed E-state index contributed by atoms with van der Waals surface area (Å²) in [6, 6.07) is 19.1. The molecule has 0 spiro atoms. The van der Waals surface area contributed by atoms with Crippen LogP contribution in [0.25, 0.3) is 0 Å². The minimum absolute atomic E-state index is 0.118. The molecule has 6 heterocycles. The molecular weight excluding hydrogens is 735 g/mol. The largest absolute Gasteiger partial charge is 0.256 e. The maximum atomic E-state index is 5.38. The van der Waals surface area contributed by atoms with Gasteiger partial charge in [0.1, 0.15) is 0 Å². The molecule has 0 bridgehead atoms. The van der Waals surface area contributed by atoms with Crippen LogP contribution in [-0.4, -0.2) is 37.1 Å². The van der Waals surface area contributed by atoms with Crippen molar-refractivity contribution in [2.45, 2.75) is 38.5 Å². The standard InChI is InChI=1S/C45H37N7S3/c1-5-36(51-45-38(47-18-20-49-45)27-35-13-8-22-54-35)32-24-31(30(4)50-44-37(46-17-19-48-44)16-15-34-12-7-21-53-34)25-33(26-32)43-41(39-14-9-23-55-39)40-28(2)10-6-11-29(3)42(40)52-43/h5-10,12-14,17-26,41H,1-3,11,15-16,27H2,4H3/t41-/m1/s1. The van der Waals surface area contributed by atoms with Gasteiger partial charge < -0.3 is 0 Å². The first-order valence-corrected chi connectivity index (χ1v) is 20.6. The number of hydrogen-bond acceptors (Lipinski definition) is 10. The van der Waals surface area contributed by atoms with E-state index in [0.29, 0.717) is 23.8 Å². The number of allylic oxidation sites excluding steroid dienone is 6. The highest BCUT2D eigenvalue weighted by Gasteiger charge is 2.35. The van der Waals surface area contributed by atoms with Crippen LogP contribution in [-0.2, 0) is 19.3 Å². The quantitative estimate of drug-likeness (QED) is 0.116. The molecule has 10 heteroatoms. The fourth-order valence-electron chi connectivity index (χ4n) is 6.80. The Labute approximate surface area is 333 Å². The molecule has 8 rings (SSSR count). The Hall–Kier alpha value is -5.81. The smallest absolute Gasteiger partial charge is 0.174 e. The van der Waals surface area contributed by atoms with Gasteiger partial charge in [0.05, 0.1) is 34.4 Å². The molecule has 6 aromatic rings. The lowest BCUT2D eigenvalue weighted by atomic mass is 9.84. The number of nitrogens with zero attached hydrogens (tertiary/aromatic N) is 7. The summed E-state index contributed by atoms with van der Waals surface area (Å²) >= 11 is 5.16. The minimum Gasteiger partial charge on any atom is -0.256 e. The Balaban J connectivity index is 1.26. The second kappa shape index (κ2) is 16.3. The van der Waals surface area contributed by atoms with E-state index in [0.717, 1.165) is 81.2 Å². The number of benzene rings is 1. The van der Waals surface area contributed by atoms with E-state index in [4.69, 9.17) is 20.0 Å². The summed E-state index contributed by atoms with van der Waals surface area (Å²) in [7, 11) is 0. The molecule has 5 aromatic heterocycles. The zero-order chi connectivity index (χ0) is 37.7. The molecule has 0 N–H and O–H groups in total. The molecular formula is C45H37N7S3. The Morgan fingerprint density at radius 3 is 2.22 bits per heavy atom. The molecule has 1 aliphatic heterocycles. The lowest BCUT2D eigenvalue weighted by molar-refractivity contribution is 0.910. The molecule has 270 valence electrons. The lowest BCUT2D eigenvalue weighted by Gasteiger charge is -2.19. The Morgan fingerprint density at radius 2 is 1.49 bits per heavy atom. The van der Waals surface area contributed by atoms with Gasteiger partial charge in [0.2, 0.25) is 0 Å². The summed E-state index contributed by atoms with van der Waals surface area (Å²) in [5, 5.41) is 6.28. The summed E-state index contributed by atoms with van der Waals surface area (Å²) in [4.78, 5) is 38.0. The van der Waals surface area contributed by atoms with E-state index in [-0.39, 0.29) is 5.92 Å². The molecule has 1 atom stereocenters. The van der Waals surface area contributed by atoms with E-state index in [2.05, 4.69) is 112 Å². The van der Waals surface area contributed by atoms with Crippen molar-refractivity contribution in [1.82, 2.24) is 19.9 Å². The topological polar surface area (TPSA) is 88.6 Å². The first kappa shape index (κ1) is 36.2. The van der Waals surface area contributed by atoms with Crippen LogP contribution in [0.5, 0.6) is 0 Å². The number of thiophene rings is 3. The Bertz CT molecular complexity index is 2550. The third-order valence-corrected chi connectivity index (χ3v) is 12.2. The van der Waals surface area contributed by atoms with Crippen molar-refractivity contribution < 1.29 is 0 Å². The molecule has 2 aliphatic rings. The van der Waals surface area contributed by atoms with Gasteiger partial charge in [-0.2, -0.15) is 0 Å². The Kier molecular flexibility index (Phi) is 10.7. The zero-order valence-corrected chi connectivity index (χ0v) is 32.8. The van der Waals surface area contributed by atoms with Gasteiger partial charge in [-0.3, -0.25) is 15.0 Å². The summed E-state index contributed by atoms with van der Waals surface area (Å²) in [5.74, 6) is 1.05. The SMILES string of the molecule is C=CC(=Nc1nccnc1Cc1cccs1)c1cc(C(C)=Nc2nccnc2CCc2cccs2)cc(C2=NC3=C(C(=C)C=CCC3=C)[C@H]2c2cccs2)c1. The van der Waals surface area contributed by atoms with Gasteiger partial charge in [-0.25, -0.2) is 20.0 Å². The fourth-order valence-corrected chi connectivity index (χ4v) is 9.05. The third kappa shape index (κ3) is 7.88. The molecule has 0 unspecified atom stereocenters. The van der Waals surface area contributed by atoms with E-state index in [1.165, 1.54) is 14.6 Å². The van der Waals surface area contributed by atoms with Crippen molar-refractivity contribution >= 4 is 62.8 Å². The maximum Gasteiger partial charge on any atom is 0.174 e. The van der Waals surface area contributed by atoms with Gasteiger partial charge in [0, 0.05) is 57.1 Å². The number of hydrogen-bond donors (Lipinski definition) is 0. The molecule has 55 heavy (non-hydrogen) atoms. The first-order chi connectivity index (χ1) is 26.9. The van der Waals surface area contributed by atoms with Gasteiger partial charge in [-0.15, -0.1) is 34.0 Å². The first-order valence-electron chi connectivity index (χ1n) is 17.9. The molecule has 0 saturated heterocycles.